The highest BCUT2D eigenvalue weighted by Gasteiger charge is 2.50. The van der Waals surface area contributed by atoms with Gasteiger partial charge in [0.15, 0.2) is 0 Å². The van der Waals surface area contributed by atoms with Gasteiger partial charge in [-0.05, 0) is 55.6 Å². The molecule has 5 rings (SSSR count). The van der Waals surface area contributed by atoms with Gasteiger partial charge in [-0.1, -0.05) is 31.5 Å². The lowest BCUT2D eigenvalue weighted by Crippen LogP contribution is -2.53. The van der Waals surface area contributed by atoms with Gasteiger partial charge in [0.1, 0.15) is 6.61 Å². The number of para-hydroxylation sites is 1. The number of rotatable bonds is 5. The third kappa shape index (κ3) is 3.44. The number of fused-ring (bicyclic) bond motifs is 6. The van der Waals surface area contributed by atoms with Gasteiger partial charge in [-0.25, -0.2) is 0 Å². The van der Waals surface area contributed by atoms with Crippen LogP contribution in [-0.4, -0.2) is 53.6 Å². The lowest BCUT2D eigenvalue weighted by atomic mass is 9.65. The first kappa shape index (κ1) is 20.8. The number of esters is 1. The summed E-state index contributed by atoms with van der Waals surface area (Å²) in [5, 5.41) is 12.0. The number of piperidine rings is 1. The van der Waals surface area contributed by atoms with E-state index in [9.17, 15) is 9.90 Å². The second-order valence-electron chi connectivity index (χ2n) is 9.48. The molecule has 0 amide bonds. The van der Waals surface area contributed by atoms with Gasteiger partial charge in [0.25, 0.3) is 0 Å². The van der Waals surface area contributed by atoms with Crippen molar-refractivity contribution in [3.05, 3.63) is 35.5 Å². The van der Waals surface area contributed by atoms with Crippen LogP contribution in [0.25, 0.3) is 10.9 Å². The molecule has 6 nitrogen and oxygen atoms in total. The summed E-state index contributed by atoms with van der Waals surface area (Å²) >= 11 is 0. The summed E-state index contributed by atoms with van der Waals surface area (Å²) in [6, 6.07) is 8.74. The molecule has 0 bridgehead atoms. The van der Waals surface area contributed by atoms with Crippen molar-refractivity contribution in [3.63, 3.8) is 0 Å². The summed E-state index contributed by atoms with van der Waals surface area (Å²) in [7, 11) is 1.44. The molecule has 168 valence electrons. The van der Waals surface area contributed by atoms with Crippen LogP contribution in [0.1, 0.15) is 56.3 Å². The van der Waals surface area contributed by atoms with Crippen LogP contribution in [0, 0.1) is 17.8 Å². The fourth-order valence-electron chi connectivity index (χ4n) is 6.35. The molecule has 2 fully saturated rings. The third-order valence-electron chi connectivity index (χ3n) is 7.85. The van der Waals surface area contributed by atoms with E-state index in [-0.39, 0.29) is 17.9 Å². The van der Waals surface area contributed by atoms with Gasteiger partial charge >= 0.3 is 5.97 Å². The maximum Gasteiger partial charge on any atom is 0.311 e. The summed E-state index contributed by atoms with van der Waals surface area (Å²) in [5.41, 5.74) is 3.78. The number of aliphatic hydroxyl groups excluding tert-OH is 1. The molecule has 0 spiro atoms. The Hall–Kier alpha value is -2.05. The molecule has 0 radical (unpaired) electrons. The SMILES string of the molecule is CCCCOn1c2c(c3ccccc31)CCN1C[C@@H]3CC[C@H](O)[C@H](C(=O)OC)[C@H]3C[C@@H]21. The van der Waals surface area contributed by atoms with Gasteiger partial charge in [0, 0.05) is 18.5 Å². The Balaban J connectivity index is 1.55. The Kier molecular flexibility index (Phi) is 5.69. The van der Waals surface area contributed by atoms with Crippen molar-refractivity contribution >= 4 is 16.9 Å². The topological polar surface area (TPSA) is 63.9 Å². The second kappa shape index (κ2) is 8.47. The van der Waals surface area contributed by atoms with Crippen molar-refractivity contribution in [2.24, 2.45) is 17.8 Å². The average molecular weight is 427 g/mol. The van der Waals surface area contributed by atoms with Crippen molar-refractivity contribution in [1.29, 1.82) is 0 Å². The lowest BCUT2D eigenvalue weighted by Gasteiger charge is -2.51. The maximum atomic E-state index is 12.6. The summed E-state index contributed by atoms with van der Waals surface area (Å²) in [4.78, 5) is 21.5. The highest BCUT2D eigenvalue weighted by Crippen LogP contribution is 2.50. The van der Waals surface area contributed by atoms with E-state index in [1.54, 1.807) is 0 Å². The number of carbonyl (C=O) groups is 1. The quantitative estimate of drug-likeness (QED) is 0.587. The van der Waals surface area contributed by atoms with Crippen molar-refractivity contribution in [3.8, 4) is 0 Å². The van der Waals surface area contributed by atoms with Gasteiger partial charge in [-0.2, -0.15) is 4.73 Å². The number of hydrogen-bond acceptors (Lipinski definition) is 5. The van der Waals surface area contributed by atoms with E-state index in [2.05, 4.69) is 40.8 Å². The normalized spacial score (nSPS) is 30.4. The molecule has 1 aromatic heterocycles. The van der Waals surface area contributed by atoms with Crippen LogP contribution < -0.4 is 4.84 Å². The molecule has 1 aromatic carbocycles. The number of carbonyl (C=O) groups excluding carboxylic acids is 1. The van der Waals surface area contributed by atoms with E-state index in [4.69, 9.17) is 9.57 Å². The number of hydrogen-bond donors (Lipinski definition) is 1. The van der Waals surface area contributed by atoms with Crippen LogP contribution in [0.5, 0.6) is 0 Å². The van der Waals surface area contributed by atoms with E-state index in [1.807, 2.05) is 0 Å². The maximum absolute atomic E-state index is 12.6. The number of methoxy groups -OCH3 is 1. The Morgan fingerprint density at radius 1 is 1.26 bits per heavy atom. The molecule has 2 aliphatic heterocycles. The monoisotopic (exact) mass is 426 g/mol. The Labute approximate surface area is 184 Å². The highest BCUT2D eigenvalue weighted by molar-refractivity contribution is 5.85. The molecule has 6 heteroatoms. The number of aromatic nitrogens is 1. The van der Waals surface area contributed by atoms with Crippen LogP contribution in [0.4, 0.5) is 0 Å². The Morgan fingerprint density at radius 2 is 2.10 bits per heavy atom. The molecular formula is C25H34N2O4. The number of aliphatic hydroxyl groups is 1. The molecule has 3 aliphatic rings. The van der Waals surface area contributed by atoms with Crippen molar-refractivity contribution in [2.45, 2.75) is 57.6 Å². The van der Waals surface area contributed by atoms with E-state index < -0.39 is 12.0 Å². The van der Waals surface area contributed by atoms with Crippen LogP contribution >= 0.6 is 0 Å². The molecule has 5 atom stereocenters. The molecule has 0 unspecified atom stereocenters. The van der Waals surface area contributed by atoms with Gasteiger partial charge in [0.05, 0.1) is 36.4 Å². The number of nitrogens with zero attached hydrogens (tertiary/aromatic N) is 2. The van der Waals surface area contributed by atoms with Gasteiger partial charge < -0.3 is 14.7 Å². The van der Waals surface area contributed by atoms with Gasteiger partial charge in [-0.15, -0.1) is 0 Å². The Morgan fingerprint density at radius 3 is 2.90 bits per heavy atom. The Bertz CT molecular complexity index is 954. The largest absolute Gasteiger partial charge is 0.469 e. The minimum absolute atomic E-state index is 0.144. The summed E-state index contributed by atoms with van der Waals surface area (Å²) in [5.74, 6) is -0.101. The van der Waals surface area contributed by atoms with Gasteiger partial charge in [-0.3, -0.25) is 9.69 Å². The van der Waals surface area contributed by atoms with Crippen molar-refractivity contribution in [2.75, 3.05) is 26.8 Å². The van der Waals surface area contributed by atoms with Gasteiger partial charge in [0.2, 0.25) is 0 Å². The minimum atomic E-state index is -0.602. The second-order valence-corrected chi connectivity index (χ2v) is 9.48. The molecule has 1 N–H and O–H groups in total. The van der Waals surface area contributed by atoms with Crippen LogP contribution in [0.3, 0.4) is 0 Å². The molecule has 3 heterocycles. The fraction of sp³-hybridized carbons (Fsp3) is 0.640. The molecule has 1 saturated carbocycles. The van der Waals surface area contributed by atoms with Crippen LogP contribution in [0.15, 0.2) is 24.3 Å². The molecule has 1 aliphatic carbocycles. The molecule has 2 aromatic rings. The summed E-state index contributed by atoms with van der Waals surface area (Å²) < 4.78 is 7.20. The summed E-state index contributed by atoms with van der Waals surface area (Å²) in [6.07, 6.45) is 5.07. The zero-order chi connectivity index (χ0) is 21.5. The number of benzene rings is 1. The standard InChI is InChI=1S/C25H34N2O4/c1-3-4-13-31-27-20-8-6-5-7-17(20)18-11-12-26-15-16-9-10-22(28)23(25(29)30-2)19(16)14-21(26)24(18)27/h5-8,16,19,21-23,28H,3-4,9-15H2,1-2H3/t16-,19-,21-,22-,23+/m0/s1. The van der Waals surface area contributed by atoms with E-state index in [1.165, 1.54) is 23.8 Å². The zero-order valence-electron chi connectivity index (χ0n) is 18.6. The van der Waals surface area contributed by atoms with E-state index in [0.29, 0.717) is 18.9 Å². The number of ether oxygens (including phenoxy) is 1. The molecular weight excluding hydrogens is 392 g/mol. The van der Waals surface area contributed by atoms with Crippen LogP contribution in [0.2, 0.25) is 0 Å². The number of unbranched alkanes of at least 4 members (excludes halogenated alkanes) is 1. The van der Waals surface area contributed by atoms with E-state index >= 15 is 0 Å². The molecule has 1 saturated heterocycles. The summed E-state index contributed by atoms with van der Waals surface area (Å²) in [6.45, 7) is 4.89. The third-order valence-corrected chi connectivity index (χ3v) is 7.85. The fourth-order valence-corrected chi connectivity index (χ4v) is 6.35. The van der Waals surface area contributed by atoms with E-state index in [0.717, 1.165) is 50.7 Å². The predicted octanol–water partition coefficient (Wildman–Crippen LogP) is 3.35. The average Bonchev–Trinajstić information content (AvgIpc) is 3.12. The zero-order valence-corrected chi connectivity index (χ0v) is 18.6. The highest BCUT2D eigenvalue weighted by atomic mass is 16.7. The first-order valence-electron chi connectivity index (χ1n) is 11.9. The predicted molar refractivity (Wildman–Crippen MR) is 119 cm³/mol. The van der Waals surface area contributed by atoms with Crippen molar-refractivity contribution in [1.82, 2.24) is 9.63 Å². The molecule has 31 heavy (non-hydrogen) atoms. The smallest absolute Gasteiger partial charge is 0.311 e. The minimum Gasteiger partial charge on any atom is -0.469 e. The van der Waals surface area contributed by atoms with Crippen LogP contribution in [-0.2, 0) is 16.0 Å². The van der Waals surface area contributed by atoms with Crippen molar-refractivity contribution < 1.29 is 19.5 Å². The lowest BCUT2D eigenvalue weighted by molar-refractivity contribution is -0.160. The first-order valence-corrected chi connectivity index (χ1v) is 11.9. The first-order chi connectivity index (χ1) is 15.1.